The van der Waals surface area contributed by atoms with Gasteiger partial charge in [-0.25, -0.2) is 0 Å². The van der Waals surface area contributed by atoms with E-state index in [2.05, 4.69) is 6.08 Å². The van der Waals surface area contributed by atoms with Crippen molar-refractivity contribution < 1.29 is 0 Å². The molecule has 1 aromatic rings. The highest BCUT2D eigenvalue weighted by Gasteiger charge is 2.19. The maximum atomic E-state index is 12.2. The summed E-state index contributed by atoms with van der Waals surface area (Å²) in [6.45, 7) is 1.34. The van der Waals surface area contributed by atoms with Crippen molar-refractivity contribution in [3.8, 4) is 0 Å². The van der Waals surface area contributed by atoms with Gasteiger partial charge in [0.25, 0.3) is 0 Å². The molecule has 0 atom stereocenters. The molecule has 3 rings (SSSR count). The first kappa shape index (κ1) is 14.4. The summed E-state index contributed by atoms with van der Waals surface area (Å²) in [6.07, 6.45) is 15.2. The van der Waals surface area contributed by atoms with Gasteiger partial charge in [-0.3, -0.25) is 9.59 Å². The van der Waals surface area contributed by atoms with Crippen LogP contribution in [0.3, 0.4) is 0 Å². The molecule has 0 N–H and O–H groups in total. The molecule has 1 heterocycles. The van der Waals surface area contributed by atoms with Crippen LogP contribution in [0.5, 0.6) is 0 Å². The number of hydrogen-bond acceptors (Lipinski definition) is 2. The minimum absolute atomic E-state index is 0.359. The fourth-order valence-electron chi connectivity index (χ4n) is 3.21. The first-order chi connectivity index (χ1) is 10.2. The molecule has 2 aliphatic rings. The summed E-state index contributed by atoms with van der Waals surface area (Å²) in [7, 11) is 0. The Bertz CT molecular complexity index is 635. The molecule has 4 nitrogen and oxygen atoms in total. The third-order valence-electron chi connectivity index (χ3n) is 4.87. The van der Waals surface area contributed by atoms with Crippen molar-refractivity contribution in [2.75, 3.05) is 0 Å². The second-order valence-corrected chi connectivity index (χ2v) is 6.41. The maximum Gasteiger partial charge on any atom is 0.316 e. The minimum Gasteiger partial charge on any atom is -0.309 e. The van der Waals surface area contributed by atoms with E-state index in [-0.39, 0.29) is 11.1 Å². The molecular formula is C17H24N2O2. The number of hydrogen-bond donors (Lipinski definition) is 0. The molecule has 0 bridgehead atoms. The number of aryl methyl sites for hydroxylation is 1. The summed E-state index contributed by atoms with van der Waals surface area (Å²) in [4.78, 5) is 24.3. The van der Waals surface area contributed by atoms with Crippen molar-refractivity contribution >= 4 is 0 Å². The Labute approximate surface area is 125 Å². The second-order valence-electron chi connectivity index (χ2n) is 6.41. The highest BCUT2D eigenvalue weighted by molar-refractivity contribution is 5.05. The van der Waals surface area contributed by atoms with E-state index < -0.39 is 0 Å². The molecular weight excluding hydrogens is 264 g/mol. The molecule has 1 saturated carbocycles. The lowest BCUT2D eigenvalue weighted by Crippen LogP contribution is -2.42. The Morgan fingerprint density at radius 2 is 1.76 bits per heavy atom. The van der Waals surface area contributed by atoms with Crippen molar-refractivity contribution in [2.45, 2.75) is 64.5 Å². The van der Waals surface area contributed by atoms with Gasteiger partial charge in [0.05, 0.1) is 0 Å². The quantitative estimate of drug-likeness (QED) is 0.617. The van der Waals surface area contributed by atoms with Gasteiger partial charge in [0.2, 0.25) is 0 Å². The van der Waals surface area contributed by atoms with Crippen molar-refractivity contribution in [3.63, 3.8) is 0 Å². The van der Waals surface area contributed by atoms with Gasteiger partial charge in [0, 0.05) is 25.5 Å². The van der Waals surface area contributed by atoms with Crippen LogP contribution in [-0.2, 0) is 13.1 Å². The lowest BCUT2D eigenvalue weighted by molar-refractivity contribution is 0.272. The van der Waals surface area contributed by atoms with Crippen LogP contribution in [0.15, 0.2) is 33.6 Å². The summed E-state index contributed by atoms with van der Waals surface area (Å²) < 4.78 is 3.18. The lowest BCUT2D eigenvalue weighted by Gasteiger charge is -2.25. The zero-order valence-corrected chi connectivity index (χ0v) is 12.6. The number of nitrogens with zero attached hydrogens (tertiary/aromatic N) is 2. The molecule has 4 heteroatoms. The molecule has 2 aliphatic carbocycles. The molecule has 114 valence electrons. The Morgan fingerprint density at radius 1 is 1.00 bits per heavy atom. The van der Waals surface area contributed by atoms with Crippen molar-refractivity contribution in [1.82, 2.24) is 9.13 Å². The van der Waals surface area contributed by atoms with Crippen LogP contribution in [0.25, 0.3) is 0 Å². The monoisotopic (exact) mass is 288 g/mol. The minimum atomic E-state index is -0.367. The summed E-state index contributed by atoms with van der Waals surface area (Å²) in [5, 5.41) is 0. The van der Waals surface area contributed by atoms with Gasteiger partial charge in [0.1, 0.15) is 0 Å². The maximum absolute atomic E-state index is 12.2. The molecule has 0 amide bonds. The average Bonchev–Trinajstić information content (AvgIpc) is 2.47. The first-order valence-corrected chi connectivity index (χ1v) is 8.22. The van der Waals surface area contributed by atoms with E-state index >= 15 is 0 Å². The summed E-state index contributed by atoms with van der Waals surface area (Å²) in [5.41, 5.74) is 0.710. The van der Waals surface area contributed by atoms with Crippen molar-refractivity contribution in [3.05, 3.63) is 44.8 Å². The first-order valence-electron chi connectivity index (χ1n) is 8.22. The van der Waals surface area contributed by atoms with E-state index in [1.165, 1.54) is 37.7 Å². The number of allylic oxidation sites excluding steroid dienone is 2. The average molecular weight is 288 g/mol. The molecule has 0 aromatic carbocycles. The summed E-state index contributed by atoms with van der Waals surface area (Å²) in [5.74, 6) is 0.588. The summed E-state index contributed by atoms with van der Waals surface area (Å²) >= 11 is 0. The standard InChI is InChI=1S/C17H24N2O2/c20-16-17(21)19(13-15-7-4-8-15)12-11-18(16)10-9-14-5-2-1-3-6-14/h5,11-12,15H,1-4,6-10,13H2. The zero-order valence-electron chi connectivity index (χ0n) is 12.6. The molecule has 1 aromatic heterocycles. The largest absolute Gasteiger partial charge is 0.316 e. The van der Waals surface area contributed by atoms with Crippen LogP contribution >= 0.6 is 0 Å². The van der Waals surface area contributed by atoms with Crippen LogP contribution in [0.2, 0.25) is 0 Å². The third-order valence-corrected chi connectivity index (χ3v) is 4.87. The van der Waals surface area contributed by atoms with Gasteiger partial charge in [-0.2, -0.15) is 0 Å². The number of rotatable bonds is 5. The molecule has 0 saturated heterocycles. The Kier molecular flexibility index (Phi) is 4.42. The van der Waals surface area contributed by atoms with E-state index in [0.717, 1.165) is 19.3 Å². The Morgan fingerprint density at radius 3 is 2.43 bits per heavy atom. The second kappa shape index (κ2) is 6.46. The van der Waals surface area contributed by atoms with Crippen LogP contribution in [0.4, 0.5) is 0 Å². The van der Waals surface area contributed by atoms with Gasteiger partial charge in [-0.05, 0) is 50.9 Å². The topological polar surface area (TPSA) is 44.0 Å². The normalized spacial score (nSPS) is 19.1. The predicted octanol–water partition coefficient (Wildman–Crippen LogP) is 2.70. The molecule has 0 radical (unpaired) electrons. The Balaban J connectivity index is 1.68. The van der Waals surface area contributed by atoms with E-state index in [1.54, 1.807) is 21.5 Å². The summed E-state index contributed by atoms with van der Waals surface area (Å²) in [6, 6.07) is 0. The van der Waals surface area contributed by atoms with Gasteiger partial charge < -0.3 is 9.13 Å². The van der Waals surface area contributed by atoms with Crippen molar-refractivity contribution in [1.29, 1.82) is 0 Å². The van der Waals surface area contributed by atoms with E-state index in [0.29, 0.717) is 19.0 Å². The number of aromatic nitrogens is 2. The zero-order chi connectivity index (χ0) is 14.7. The van der Waals surface area contributed by atoms with Crippen molar-refractivity contribution in [2.24, 2.45) is 5.92 Å². The van der Waals surface area contributed by atoms with E-state index in [4.69, 9.17) is 0 Å². The van der Waals surface area contributed by atoms with E-state index in [1.807, 2.05) is 0 Å². The van der Waals surface area contributed by atoms with Gasteiger partial charge >= 0.3 is 11.1 Å². The predicted molar refractivity (Wildman–Crippen MR) is 83.5 cm³/mol. The fourth-order valence-corrected chi connectivity index (χ4v) is 3.21. The molecule has 0 aliphatic heterocycles. The van der Waals surface area contributed by atoms with Crippen LogP contribution in [0, 0.1) is 5.92 Å². The van der Waals surface area contributed by atoms with Crippen LogP contribution in [0.1, 0.15) is 51.4 Å². The van der Waals surface area contributed by atoms with Crippen LogP contribution < -0.4 is 11.1 Å². The SMILES string of the molecule is O=c1c(=O)n(CC2CCC2)ccn1CCC1=CCCCC1. The van der Waals surface area contributed by atoms with Crippen LogP contribution in [-0.4, -0.2) is 9.13 Å². The smallest absolute Gasteiger partial charge is 0.309 e. The van der Waals surface area contributed by atoms with Gasteiger partial charge in [0.15, 0.2) is 0 Å². The van der Waals surface area contributed by atoms with E-state index in [9.17, 15) is 9.59 Å². The lowest BCUT2D eigenvalue weighted by atomic mass is 9.85. The molecule has 0 unspecified atom stereocenters. The third kappa shape index (κ3) is 3.36. The Hall–Kier alpha value is -1.58. The highest BCUT2D eigenvalue weighted by atomic mass is 16.2. The molecule has 1 fully saturated rings. The molecule has 0 spiro atoms. The highest BCUT2D eigenvalue weighted by Crippen LogP contribution is 2.27. The fraction of sp³-hybridized carbons (Fsp3) is 0.647. The van der Waals surface area contributed by atoms with Gasteiger partial charge in [-0.15, -0.1) is 0 Å². The van der Waals surface area contributed by atoms with Gasteiger partial charge in [-0.1, -0.05) is 18.1 Å². The molecule has 21 heavy (non-hydrogen) atoms.